The summed E-state index contributed by atoms with van der Waals surface area (Å²) in [4.78, 5) is 28.4. The van der Waals surface area contributed by atoms with Gasteiger partial charge in [0, 0.05) is 32.7 Å². The summed E-state index contributed by atoms with van der Waals surface area (Å²) in [6.07, 6.45) is 0. The van der Waals surface area contributed by atoms with Gasteiger partial charge in [-0.15, -0.1) is 0 Å². The Kier molecular flexibility index (Phi) is 5.62. The number of carbonyl (C=O) groups is 2. The van der Waals surface area contributed by atoms with Gasteiger partial charge in [0.05, 0.1) is 0 Å². The van der Waals surface area contributed by atoms with E-state index in [2.05, 4.69) is 47.4 Å². The van der Waals surface area contributed by atoms with Crippen molar-refractivity contribution in [3.05, 3.63) is 71.7 Å². The SMILES string of the molecule is Cc1ccc(C(=O)OCC(=O)N2CCN(Cc3cccc4ccccc34)CC2)o1. The van der Waals surface area contributed by atoms with Crippen molar-refractivity contribution in [2.24, 2.45) is 0 Å². The van der Waals surface area contributed by atoms with E-state index >= 15 is 0 Å². The zero-order valence-corrected chi connectivity index (χ0v) is 16.5. The molecule has 0 saturated carbocycles. The number of esters is 1. The Morgan fingerprint density at radius 1 is 0.966 bits per heavy atom. The van der Waals surface area contributed by atoms with Crippen LogP contribution in [-0.4, -0.2) is 54.5 Å². The molecule has 1 saturated heterocycles. The van der Waals surface area contributed by atoms with Crippen LogP contribution in [0.5, 0.6) is 0 Å². The van der Waals surface area contributed by atoms with Crippen LogP contribution in [-0.2, 0) is 16.1 Å². The second-order valence-corrected chi connectivity index (χ2v) is 7.28. The fourth-order valence-electron chi connectivity index (χ4n) is 3.66. The molecule has 1 aliphatic heterocycles. The second kappa shape index (κ2) is 8.49. The smallest absolute Gasteiger partial charge is 0.374 e. The van der Waals surface area contributed by atoms with Crippen LogP contribution in [0.25, 0.3) is 10.8 Å². The van der Waals surface area contributed by atoms with Crippen LogP contribution in [0.2, 0.25) is 0 Å². The second-order valence-electron chi connectivity index (χ2n) is 7.28. The molecule has 0 bridgehead atoms. The molecule has 0 radical (unpaired) electrons. The zero-order valence-electron chi connectivity index (χ0n) is 16.5. The third kappa shape index (κ3) is 4.49. The van der Waals surface area contributed by atoms with Gasteiger partial charge < -0.3 is 14.1 Å². The largest absolute Gasteiger partial charge is 0.454 e. The number of aryl methyl sites for hydroxylation is 1. The summed E-state index contributed by atoms with van der Waals surface area (Å²) in [5.74, 6) is -0.0340. The van der Waals surface area contributed by atoms with Gasteiger partial charge >= 0.3 is 5.97 Å². The number of rotatable bonds is 5. The Morgan fingerprint density at radius 2 is 1.72 bits per heavy atom. The van der Waals surface area contributed by atoms with E-state index in [1.54, 1.807) is 24.0 Å². The summed E-state index contributed by atoms with van der Waals surface area (Å²) in [5.41, 5.74) is 1.30. The molecular weight excluding hydrogens is 368 g/mol. The molecule has 6 heteroatoms. The number of nitrogens with zero attached hydrogens (tertiary/aromatic N) is 2. The highest BCUT2D eigenvalue weighted by molar-refractivity contribution is 5.89. The van der Waals surface area contributed by atoms with E-state index in [9.17, 15) is 9.59 Å². The number of piperazine rings is 1. The minimum Gasteiger partial charge on any atom is -0.454 e. The van der Waals surface area contributed by atoms with E-state index in [0.29, 0.717) is 18.8 Å². The van der Waals surface area contributed by atoms with E-state index in [4.69, 9.17) is 9.15 Å². The summed E-state index contributed by atoms with van der Waals surface area (Å²) in [6.45, 7) is 5.18. The van der Waals surface area contributed by atoms with Gasteiger partial charge in [-0.05, 0) is 35.4 Å². The Labute approximate surface area is 169 Å². The summed E-state index contributed by atoms with van der Waals surface area (Å²) in [7, 11) is 0. The quantitative estimate of drug-likeness (QED) is 0.624. The number of hydrogen-bond acceptors (Lipinski definition) is 5. The Bertz CT molecular complexity index is 1010. The van der Waals surface area contributed by atoms with E-state index in [0.717, 1.165) is 19.6 Å². The van der Waals surface area contributed by atoms with E-state index in [1.165, 1.54) is 16.3 Å². The maximum Gasteiger partial charge on any atom is 0.374 e. The van der Waals surface area contributed by atoms with Gasteiger partial charge in [-0.3, -0.25) is 9.69 Å². The number of hydrogen-bond donors (Lipinski definition) is 0. The molecule has 0 unspecified atom stereocenters. The van der Waals surface area contributed by atoms with Gasteiger partial charge in [-0.1, -0.05) is 42.5 Å². The Morgan fingerprint density at radius 3 is 2.48 bits per heavy atom. The van der Waals surface area contributed by atoms with Crippen molar-refractivity contribution >= 4 is 22.6 Å². The first kappa shape index (κ1) is 19.2. The van der Waals surface area contributed by atoms with Gasteiger partial charge in [0.25, 0.3) is 5.91 Å². The lowest BCUT2D eigenvalue weighted by molar-refractivity contribution is -0.136. The molecule has 1 amide bonds. The average Bonchev–Trinajstić information content (AvgIpc) is 3.19. The van der Waals surface area contributed by atoms with Gasteiger partial charge in [0.1, 0.15) is 5.76 Å². The average molecular weight is 392 g/mol. The van der Waals surface area contributed by atoms with E-state index < -0.39 is 5.97 Å². The lowest BCUT2D eigenvalue weighted by Gasteiger charge is -2.34. The summed E-state index contributed by atoms with van der Waals surface area (Å²) < 4.78 is 10.3. The highest BCUT2D eigenvalue weighted by atomic mass is 16.5. The standard InChI is InChI=1S/C23H24N2O4/c1-17-9-10-21(29-17)23(27)28-16-22(26)25-13-11-24(12-14-25)15-19-7-4-6-18-5-2-3-8-20(18)19/h2-10H,11-16H2,1H3. The number of amides is 1. The van der Waals surface area contributed by atoms with E-state index in [-0.39, 0.29) is 18.3 Å². The Hall–Kier alpha value is -3.12. The highest BCUT2D eigenvalue weighted by Gasteiger charge is 2.23. The van der Waals surface area contributed by atoms with Crippen LogP contribution in [0.1, 0.15) is 21.9 Å². The maximum absolute atomic E-state index is 12.4. The lowest BCUT2D eigenvalue weighted by Crippen LogP contribution is -2.49. The zero-order chi connectivity index (χ0) is 20.2. The van der Waals surface area contributed by atoms with Crippen LogP contribution in [0.3, 0.4) is 0 Å². The van der Waals surface area contributed by atoms with Crippen molar-refractivity contribution in [3.63, 3.8) is 0 Å². The maximum atomic E-state index is 12.4. The number of fused-ring (bicyclic) bond motifs is 1. The number of furan rings is 1. The normalized spacial score (nSPS) is 14.9. The summed E-state index contributed by atoms with van der Waals surface area (Å²) in [6, 6.07) is 18.0. The van der Waals surface area contributed by atoms with Crippen LogP contribution < -0.4 is 0 Å². The van der Waals surface area contributed by atoms with Crippen molar-refractivity contribution in [2.45, 2.75) is 13.5 Å². The third-order valence-corrected chi connectivity index (χ3v) is 5.27. The molecule has 6 nitrogen and oxygen atoms in total. The topological polar surface area (TPSA) is 63.0 Å². The van der Waals surface area contributed by atoms with Crippen LogP contribution >= 0.6 is 0 Å². The van der Waals surface area contributed by atoms with Gasteiger partial charge in [-0.2, -0.15) is 0 Å². The molecule has 150 valence electrons. The van der Waals surface area contributed by atoms with Crippen molar-refractivity contribution in [3.8, 4) is 0 Å². The van der Waals surface area contributed by atoms with Crippen molar-refractivity contribution in [1.82, 2.24) is 9.80 Å². The molecular formula is C23H24N2O4. The molecule has 2 heterocycles. The van der Waals surface area contributed by atoms with Crippen molar-refractivity contribution in [2.75, 3.05) is 32.8 Å². The fourth-order valence-corrected chi connectivity index (χ4v) is 3.66. The van der Waals surface area contributed by atoms with E-state index in [1.807, 2.05) is 0 Å². The number of benzene rings is 2. The number of ether oxygens (including phenoxy) is 1. The predicted octanol–water partition coefficient (Wildman–Crippen LogP) is 3.24. The molecule has 0 atom stereocenters. The van der Waals surface area contributed by atoms with Crippen LogP contribution in [0, 0.1) is 6.92 Å². The lowest BCUT2D eigenvalue weighted by atomic mass is 10.0. The Balaban J connectivity index is 1.27. The van der Waals surface area contributed by atoms with Gasteiger partial charge in [0.15, 0.2) is 6.61 Å². The molecule has 4 rings (SSSR count). The molecule has 1 fully saturated rings. The molecule has 1 aliphatic rings. The first-order valence-corrected chi connectivity index (χ1v) is 9.80. The van der Waals surface area contributed by atoms with Crippen LogP contribution in [0.4, 0.5) is 0 Å². The fraction of sp³-hybridized carbons (Fsp3) is 0.304. The molecule has 0 aliphatic carbocycles. The molecule has 3 aromatic rings. The third-order valence-electron chi connectivity index (χ3n) is 5.27. The first-order chi connectivity index (χ1) is 14.1. The van der Waals surface area contributed by atoms with Crippen molar-refractivity contribution in [1.29, 1.82) is 0 Å². The monoisotopic (exact) mass is 392 g/mol. The molecule has 2 aromatic carbocycles. The van der Waals surface area contributed by atoms with Crippen molar-refractivity contribution < 1.29 is 18.7 Å². The van der Waals surface area contributed by atoms with Crippen LogP contribution in [0.15, 0.2) is 59.0 Å². The number of carbonyl (C=O) groups excluding carboxylic acids is 2. The molecule has 0 N–H and O–H groups in total. The summed E-state index contributed by atoms with van der Waals surface area (Å²) in [5, 5.41) is 2.51. The van der Waals surface area contributed by atoms with Gasteiger partial charge in [-0.25, -0.2) is 4.79 Å². The first-order valence-electron chi connectivity index (χ1n) is 9.80. The van der Waals surface area contributed by atoms with Gasteiger partial charge in [0.2, 0.25) is 5.76 Å². The minimum atomic E-state index is -0.610. The highest BCUT2D eigenvalue weighted by Crippen LogP contribution is 2.20. The minimum absolute atomic E-state index is 0.121. The molecule has 0 spiro atoms. The predicted molar refractivity (Wildman–Crippen MR) is 110 cm³/mol. The molecule has 1 aromatic heterocycles. The summed E-state index contributed by atoms with van der Waals surface area (Å²) >= 11 is 0. The molecule has 29 heavy (non-hydrogen) atoms.